The third kappa shape index (κ3) is 9.54. The molecule has 0 saturated heterocycles. The molecule has 0 atom stereocenters. The Balaban J connectivity index is 0.00000480. The van der Waals surface area contributed by atoms with E-state index in [1.54, 1.807) is 18.1 Å². The minimum absolute atomic E-state index is 0. The van der Waals surface area contributed by atoms with Crippen LogP contribution in [0.2, 0.25) is 0 Å². The van der Waals surface area contributed by atoms with E-state index >= 15 is 0 Å². The maximum Gasteiger partial charge on any atom is 0.241 e. The van der Waals surface area contributed by atoms with E-state index in [1.807, 2.05) is 57.2 Å². The van der Waals surface area contributed by atoms with Crippen LogP contribution in [0, 0.1) is 6.92 Å². The number of guanidine groups is 1. The van der Waals surface area contributed by atoms with E-state index in [2.05, 4.69) is 20.6 Å². The molecule has 0 aliphatic rings. The number of nitrogens with zero attached hydrogens (tertiary/aromatic N) is 3. The molecule has 0 bridgehead atoms. The molecule has 1 aromatic heterocycles. The number of amides is 1. The van der Waals surface area contributed by atoms with Crippen LogP contribution in [0.4, 0.5) is 0 Å². The Morgan fingerprint density at radius 2 is 2.00 bits per heavy atom. The van der Waals surface area contributed by atoms with Gasteiger partial charge in [-0.15, -0.1) is 24.0 Å². The van der Waals surface area contributed by atoms with Gasteiger partial charge >= 0.3 is 0 Å². The van der Waals surface area contributed by atoms with Crippen molar-refractivity contribution < 1.29 is 9.53 Å². The summed E-state index contributed by atoms with van der Waals surface area (Å²) in [5.41, 5.74) is 3.14. The minimum Gasteiger partial charge on any atom is -0.494 e. The second-order valence-electron chi connectivity index (χ2n) is 6.98. The number of likely N-dealkylation sites (N-methyl/N-ethyl adjacent to an activating group) is 1. The molecule has 1 aromatic carbocycles. The third-order valence-electron chi connectivity index (χ3n) is 4.54. The summed E-state index contributed by atoms with van der Waals surface area (Å²) in [6.45, 7) is 8.58. The number of halogens is 1. The molecule has 0 fully saturated rings. The topological polar surface area (TPSA) is 78.9 Å². The normalized spacial score (nSPS) is 10.8. The molecule has 0 unspecified atom stereocenters. The number of carbonyl (C=O) groups is 1. The second kappa shape index (κ2) is 14.6. The molecule has 31 heavy (non-hydrogen) atoms. The molecular formula is C23H34IN5O2. The van der Waals surface area contributed by atoms with Crippen LogP contribution in [-0.2, 0) is 17.8 Å². The Morgan fingerprint density at radius 1 is 1.19 bits per heavy atom. The molecule has 2 rings (SSSR count). The Bertz CT molecular complexity index is 830. The van der Waals surface area contributed by atoms with E-state index in [-0.39, 0.29) is 36.4 Å². The lowest BCUT2D eigenvalue weighted by Crippen LogP contribution is -2.44. The van der Waals surface area contributed by atoms with Crippen LogP contribution in [0.15, 0.2) is 47.6 Å². The van der Waals surface area contributed by atoms with E-state index in [4.69, 9.17) is 4.74 Å². The number of pyridine rings is 1. The van der Waals surface area contributed by atoms with Crippen LogP contribution in [0.5, 0.6) is 5.75 Å². The molecule has 0 saturated carbocycles. The predicted octanol–water partition coefficient (Wildman–Crippen LogP) is 3.16. The van der Waals surface area contributed by atoms with Crippen molar-refractivity contribution in [2.24, 2.45) is 4.99 Å². The first-order valence-corrected chi connectivity index (χ1v) is 10.4. The first kappa shape index (κ1) is 26.7. The van der Waals surface area contributed by atoms with Crippen LogP contribution < -0.4 is 15.4 Å². The van der Waals surface area contributed by atoms with E-state index in [0.717, 1.165) is 29.0 Å². The molecule has 2 aromatic rings. The van der Waals surface area contributed by atoms with Crippen molar-refractivity contribution in [3.05, 3.63) is 59.4 Å². The average Bonchev–Trinajstić information content (AvgIpc) is 2.75. The summed E-state index contributed by atoms with van der Waals surface area (Å²) < 4.78 is 5.73. The Morgan fingerprint density at radius 3 is 2.68 bits per heavy atom. The largest absolute Gasteiger partial charge is 0.494 e. The standard InChI is InChI=1S/C23H33N5O2.HI/c1-5-24-23(26-16-19-11-10-18(3)15-21(19)30-6-2)27-17-22(29)28(4)14-12-20-9-7-8-13-25-20;/h7-11,13,15H,5-6,12,14,16-17H2,1-4H3,(H2,24,26,27);1H. The van der Waals surface area contributed by atoms with E-state index < -0.39 is 0 Å². The molecule has 0 radical (unpaired) electrons. The molecule has 1 amide bonds. The molecule has 0 aliphatic carbocycles. The smallest absolute Gasteiger partial charge is 0.241 e. The zero-order valence-electron chi connectivity index (χ0n) is 18.9. The van der Waals surface area contributed by atoms with Crippen molar-refractivity contribution in [2.45, 2.75) is 33.7 Å². The van der Waals surface area contributed by atoms with Gasteiger partial charge < -0.3 is 20.3 Å². The number of hydrogen-bond acceptors (Lipinski definition) is 4. The number of aromatic nitrogens is 1. The maximum atomic E-state index is 12.5. The first-order chi connectivity index (χ1) is 14.5. The van der Waals surface area contributed by atoms with Gasteiger partial charge in [-0.05, 0) is 44.5 Å². The van der Waals surface area contributed by atoms with Crippen LogP contribution in [0.1, 0.15) is 30.7 Å². The average molecular weight is 539 g/mol. The Labute approximate surface area is 202 Å². The number of aryl methyl sites for hydroxylation is 1. The van der Waals surface area contributed by atoms with Gasteiger partial charge in [-0.2, -0.15) is 0 Å². The number of hydrogen-bond donors (Lipinski definition) is 2. The number of aliphatic imine (C=N–C) groups is 1. The van der Waals surface area contributed by atoms with Crippen LogP contribution in [0.25, 0.3) is 0 Å². The fraction of sp³-hybridized carbons (Fsp3) is 0.435. The van der Waals surface area contributed by atoms with Crippen molar-refractivity contribution in [1.82, 2.24) is 20.5 Å². The molecule has 0 aliphatic heterocycles. The van der Waals surface area contributed by atoms with Gasteiger partial charge in [0.1, 0.15) is 5.75 Å². The number of carbonyl (C=O) groups excluding carboxylic acids is 1. The van der Waals surface area contributed by atoms with Crippen molar-refractivity contribution in [2.75, 3.05) is 33.3 Å². The fourth-order valence-corrected chi connectivity index (χ4v) is 2.84. The zero-order chi connectivity index (χ0) is 21.8. The Hall–Kier alpha value is -2.36. The summed E-state index contributed by atoms with van der Waals surface area (Å²) >= 11 is 0. The van der Waals surface area contributed by atoms with Crippen LogP contribution in [0.3, 0.4) is 0 Å². The third-order valence-corrected chi connectivity index (χ3v) is 4.54. The zero-order valence-corrected chi connectivity index (χ0v) is 21.2. The maximum absolute atomic E-state index is 12.5. The summed E-state index contributed by atoms with van der Waals surface area (Å²) in [7, 11) is 1.80. The summed E-state index contributed by atoms with van der Waals surface area (Å²) in [6, 6.07) is 11.9. The minimum atomic E-state index is 0. The van der Waals surface area contributed by atoms with Crippen molar-refractivity contribution in [3.8, 4) is 5.75 Å². The van der Waals surface area contributed by atoms with Crippen LogP contribution >= 0.6 is 24.0 Å². The molecule has 0 spiro atoms. The van der Waals surface area contributed by atoms with Crippen molar-refractivity contribution in [3.63, 3.8) is 0 Å². The quantitative estimate of drug-likeness (QED) is 0.276. The highest BCUT2D eigenvalue weighted by Crippen LogP contribution is 2.21. The summed E-state index contributed by atoms with van der Waals surface area (Å²) in [4.78, 5) is 23.1. The number of rotatable bonds is 10. The van der Waals surface area contributed by atoms with Crippen LogP contribution in [-0.4, -0.2) is 55.0 Å². The predicted molar refractivity (Wildman–Crippen MR) is 136 cm³/mol. The van der Waals surface area contributed by atoms with Gasteiger partial charge in [0.2, 0.25) is 5.91 Å². The molecule has 8 heteroatoms. The summed E-state index contributed by atoms with van der Waals surface area (Å²) in [6.07, 6.45) is 2.49. The Kier molecular flexibility index (Phi) is 12.6. The van der Waals surface area contributed by atoms with Gasteiger partial charge in [0.15, 0.2) is 5.96 Å². The number of benzene rings is 1. The fourth-order valence-electron chi connectivity index (χ4n) is 2.84. The van der Waals surface area contributed by atoms with Gasteiger partial charge in [-0.1, -0.05) is 18.2 Å². The molecule has 7 nitrogen and oxygen atoms in total. The SMILES string of the molecule is CCNC(=NCc1ccc(C)cc1OCC)NCC(=O)N(C)CCc1ccccn1.I. The van der Waals surface area contributed by atoms with Gasteiger partial charge in [-0.3, -0.25) is 9.78 Å². The van der Waals surface area contributed by atoms with Gasteiger partial charge in [-0.25, -0.2) is 4.99 Å². The van der Waals surface area contributed by atoms with Gasteiger partial charge in [0.05, 0.1) is 19.7 Å². The highest BCUT2D eigenvalue weighted by Gasteiger charge is 2.10. The lowest BCUT2D eigenvalue weighted by Gasteiger charge is -2.18. The molecular weight excluding hydrogens is 505 g/mol. The summed E-state index contributed by atoms with van der Waals surface area (Å²) in [5.74, 6) is 1.45. The van der Waals surface area contributed by atoms with Gasteiger partial charge in [0, 0.05) is 44.0 Å². The highest BCUT2D eigenvalue weighted by molar-refractivity contribution is 14.0. The number of nitrogens with one attached hydrogen (secondary N) is 2. The molecule has 170 valence electrons. The molecule has 1 heterocycles. The second-order valence-corrected chi connectivity index (χ2v) is 6.98. The van der Waals surface area contributed by atoms with E-state index in [1.165, 1.54) is 0 Å². The van der Waals surface area contributed by atoms with E-state index in [9.17, 15) is 4.79 Å². The lowest BCUT2D eigenvalue weighted by atomic mass is 10.1. The van der Waals surface area contributed by atoms with Crippen molar-refractivity contribution in [1.29, 1.82) is 0 Å². The molecule has 2 N–H and O–H groups in total. The monoisotopic (exact) mass is 539 g/mol. The van der Waals surface area contributed by atoms with E-state index in [0.29, 0.717) is 32.2 Å². The van der Waals surface area contributed by atoms with Gasteiger partial charge in [0.25, 0.3) is 0 Å². The van der Waals surface area contributed by atoms with Crippen molar-refractivity contribution >= 4 is 35.8 Å². The summed E-state index contributed by atoms with van der Waals surface area (Å²) in [5, 5.41) is 6.31. The number of ether oxygens (including phenoxy) is 1. The highest BCUT2D eigenvalue weighted by atomic mass is 127. The lowest BCUT2D eigenvalue weighted by molar-refractivity contribution is -0.128. The first-order valence-electron chi connectivity index (χ1n) is 10.4.